The van der Waals surface area contributed by atoms with Crippen LogP contribution in [-0.4, -0.2) is 24.8 Å². The molecular formula is C17H35NO. The molecular weight excluding hydrogens is 234 g/mol. The third-order valence-corrected chi connectivity index (χ3v) is 4.43. The van der Waals surface area contributed by atoms with Crippen LogP contribution in [0, 0.1) is 5.92 Å². The minimum atomic E-state index is 0.140. The van der Waals surface area contributed by atoms with E-state index in [1.165, 1.54) is 51.4 Å². The smallest absolute Gasteiger partial charge is 0.0834 e. The van der Waals surface area contributed by atoms with Gasteiger partial charge in [-0.3, -0.25) is 0 Å². The van der Waals surface area contributed by atoms with Crippen molar-refractivity contribution in [1.29, 1.82) is 0 Å². The van der Waals surface area contributed by atoms with Crippen LogP contribution in [0.5, 0.6) is 0 Å². The number of hydrogen-bond donors (Lipinski definition) is 1. The predicted molar refractivity (Wildman–Crippen MR) is 83.6 cm³/mol. The topological polar surface area (TPSA) is 21.3 Å². The Morgan fingerprint density at radius 2 is 1.79 bits per heavy atom. The molecule has 19 heavy (non-hydrogen) atoms. The molecule has 1 unspecified atom stereocenters. The van der Waals surface area contributed by atoms with Crippen molar-refractivity contribution in [2.45, 2.75) is 90.7 Å². The number of ether oxygens (including phenoxy) is 1. The lowest BCUT2D eigenvalue weighted by atomic mass is 9.87. The minimum Gasteiger partial charge on any atom is -0.374 e. The maximum Gasteiger partial charge on any atom is 0.0834 e. The molecule has 0 amide bonds. The molecule has 1 saturated carbocycles. The van der Waals surface area contributed by atoms with E-state index in [4.69, 9.17) is 4.74 Å². The Hall–Kier alpha value is -0.0800. The van der Waals surface area contributed by atoms with Gasteiger partial charge in [0.25, 0.3) is 0 Å². The van der Waals surface area contributed by atoms with E-state index in [0.29, 0.717) is 6.04 Å². The largest absolute Gasteiger partial charge is 0.374 e. The van der Waals surface area contributed by atoms with E-state index in [1.54, 1.807) is 0 Å². The summed E-state index contributed by atoms with van der Waals surface area (Å²) in [5.74, 6) is 0.818. The second kappa shape index (κ2) is 8.97. The molecule has 0 bridgehead atoms. The highest BCUT2D eigenvalue weighted by molar-refractivity contribution is 4.97. The quantitative estimate of drug-likeness (QED) is 0.629. The fourth-order valence-electron chi connectivity index (χ4n) is 3.45. The number of hydrogen-bond acceptors (Lipinski definition) is 2. The number of nitrogens with one attached hydrogen (secondary N) is 1. The molecule has 1 rings (SSSR count). The van der Waals surface area contributed by atoms with E-state index in [-0.39, 0.29) is 5.60 Å². The first-order valence-corrected chi connectivity index (χ1v) is 8.52. The highest BCUT2D eigenvalue weighted by atomic mass is 16.5. The summed E-state index contributed by atoms with van der Waals surface area (Å²) in [5.41, 5.74) is 0.140. The van der Waals surface area contributed by atoms with Crippen molar-refractivity contribution in [3.05, 3.63) is 0 Å². The summed E-state index contributed by atoms with van der Waals surface area (Å²) in [6.45, 7) is 11.0. The highest BCUT2D eigenvalue weighted by Gasteiger charge is 2.41. The van der Waals surface area contributed by atoms with Crippen molar-refractivity contribution in [3.63, 3.8) is 0 Å². The zero-order valence-electron chi connectivity index (χ0n) is 13.6. The predicted octanol–water partition coefficient (Wildman–Crippen LogP) is 4.53. The van der Waals surface area contributed by atoms with Crippen molar-refractivity contribution >= 4 is 0 Å². The van der Waals surface area contributed by atoms with Crippen molar-refractivity contribution < 1.29 is 4.74 Å². The fourth-order valence-corrected chi connectivity index (χ4v) is 3.45. The van der Waals surface area contributed by atoms with Gasteiger partial charge in [-0.15, -0.1) is 0 Å². The highest BCUT2D eigenvalue weighted by Crippen LogP contribution is 2.38. The van der Waals surface area contributed by atoms with Gasteiger partial charge in [0, 0.05) is 12.6 Å². The van der Waals surface area contributed by atoms with Gasteiger partial charge in [0.1, 0.15) is 0 Å². The van der Waals surface area contributed by atoms with Crippen LogP contribution < -0.4 is 5.32 Å². The molecule has 0 heterocycles. The first-order chi connectivity index (χ1) is 9.14. The van der Waals surface area contributed by atoms with Gasteiger partial charge in [0.15, 0.2) is 0 Å². The van der Waals surface area contributed by atoms with E-state index in [1.807, 2.05) is 0 Å². The molecule has 0 aromatic heterocycles. The summed E-state index contributed by atoms with van der Waals surface area (Å²) < 4.78 is 6.24. The maximum absolute atomic E-state index is 6.24. The maximum atomic E-state index is 6.24. The Morgan fingerprint density at radius 1 is 1.11 bits per heavy atom. The molecule has 0 aromatic carbocycles. The number of rotatable bonds is 10. The molecule has 1 aliphatic rings. The van der Waals surface area contributed by atoms with Crippen molar-refractivity contribution in [2.24, 2.45) is 5.92 Å². The molecule has 1 N–H and O–H groups in total. The van der Waals surface area contributed by atoms with Crippen molar-refractivity contribution in [1.82, 2.24) is 5.32 Å². The first-order valence-electron chi connectivity index (χ1n) is 8.52. The molecule has 114 valence electrons. The molecule has 0 aliphatic heterocycles. The van der Waals surface area contributed by atoms with Gasteiger partial charge >= 0.3 is 0 Å². The second-order valence-corrected chi connectivity index (χ2v) is 6.54. The Balaban J connectivity index is 2.58. The molecule has 1 atom stereocenters. The standard InChI is InChI=1S/C17H35NO/c1-5-14-18-16(11-9-10-15(3)4)17(19-6-2)12-7-8-13-17/h15-16,18H,5-14H2,1-4H3. The average molecular weight is 269 g/mol. The Labute approximate surface area is 120 Å². The van der Waals surface area contributed by atoms with Gasteiger partial charge in [-0.05, 0) is 45.1 Å². The van der Waals surface area contributed by atoms with E-state index < -0.39 is 0 Å². The molecule has 2 heteroatoms. The summed E-state index contributed by atoms with van der Waals surface area (Å²) in [6.07, 6.45) is 10.3. The fraction of sp³-hybridized carbons (Fsp3) is 1.00. The molecule has 0 radical (unpaired) electrons. The van der Waals surface area contributed by atoms with Crippen LogP contribution in [0.15, 0.2) is 0 Å². The van der Waals surface area contributed by atoms with Crippen LogP contribution in [0.2, 0.25) is 0 Å². The van der Waals surface area contributed by atoms with Crippen LogP contribution in [0.25, 0.3) is 0 Å². The molecule has 0 spiro atoms. The molecule has 0 saturated heterocycles. The molecule has 1 aliphatic carbocycles. The summed E-state index contributed by atoms with van der Waals surface area (Å²) in [5, 5.41) is 3.79. The van der Waals surface area contributed by atoms with E-state index in [2.05, 4.69) is 33.0 Å². The normalized spacial score (nSPS) is 20.1. The van der Waals surface area contributed by atoms with Gasteiger partial charge in [-0.1, -0.05) is 46.5 Å². The lowest BCUT2D eigenvalue weighted by Gasteiger charge is -2.38. The van der Waals surface area contributed by atoms with Crippen LogP contribution in [0.4, 0.5) is 0 Å². The summed E-state index contributed by atoms with van der Waals surface area (Å²) in [6, 6.07) is 0.564. The summed E-state index contributed by atoms with van der Waals surface area (Å²) in [4.78, 5) is 0. The van der Waals surface area contributed by atoms with Crippen molar-refractivity contribution in [2.75, 3.05) is 13.2 Å². The first kappa shape index (κ1) is 17.0. The minimum absolute atomic E-state index is 0.140. The van der Waals surface area contributed by atoms with E-state index in [0.717, 1.165) is 19.1 Å². The monoisotopic (exact) mass is 269 g/mol. The van der Waals surface area contributed by atoms with E-state index in [9.17, 15) is 0 Å². The Bertz CT molecular complexity index is 221. The van der Waals surface area contributed by atoms with Crippen molar-refractivity contribution in [3.8, 4) is 0 Å². The lowest BCUT2D eigenvalue weighted by molar-refractivity contribution is -0.0637. The second-order valence-electron chi connectivity index (χ2n) is 6.54. The molecule has 0 aromatic rings. The van der Waals surface area contributed by atoms with Gasteiger partial charge in [-0.25, -0.2) is 0 Å². The molecule has 1 fully saturated rings. The van der Waals surface area contributed by atoms with Gasteiger partial charge in [0.2, 0.25) is 0 Å². The third kappa shape index (κ3) is 5.43. The summed E-state index contributed by atoms with van der Waals surface area (Å²) in [7, 11) is 0. The van der Waals surface area contributed by atoms with Crippen LogP contribution in [-0.2, 0) is 4.74 Å². The SMILES string of the molecule is CCCNC(CCCC(C)C)C1(OCC)CCCC1. The van der Waals surface area contributed by atoms with Crippen LogP contribution in [0.3, 0.4) is 0 Å². The average Bonchev–Trinajstić information content (AvgIpc) is 2.83. The van der Waals surface area contributed by atoms with Gasteiger partial charge < -0.3 is 10.1 Å². The Morgan fingerprint density at radius 3 is 2.32 bits per heavy atom. The third-order valence-electron chi connectivity index (χ3n) is 4.43. The molecule has 2 nitrogen and oxygen atoms in total. The van der Waals surface area contributed by atoms with Crippen LogP contribution in [0.1, 0.15) is 79.1 Å². The van der Waals surface area contributed by atoms with Gasteiger partial charge in [0.05, 0.1) is 5.60 Å². The zero-order chi connectivity index (χ0) is 14.1. The van der Waals surface area contributed by atoms with E-state index >= 15 is 0 Å². The lowest BCUT2D eigenvalue weighted by Crippen LogP contribution is -2.51. The Kier molecular flexibility index (Phi) is 8.01. The van der Waals surface area contributed by atoms with Gasteiger partial charge in [-0.2, -0.15) is 0 Å². The van der Waals surface area contributed by atoms with Crippen LogP contribution >= 0.6 is 0 Å². The summed E-state index contributed by atoms with van der Waals surface area (Å²) >= 11 is 0. The zero-order valence-corrected chi connectivity index (χ0v) is 13.6.